The van der Waals surface area contributed by atoms with Crippen molar-refractivity contribution in [1.29, 1.82) is 0 Å². The highest BCUT2D eigenvalue weighted by Gasteiger charge is 2.38. The maximum Gasteiger partial charge on any atom is 0.286 e. The first-order valence-electron chi connectivity index (χ1n) is 10.7. The fraction of sp³-hybridized carbons (Fsp3) is 0.522. The van der Waals surface area contributed by atoms with Crippen LogP contribution in [0.2, 0.25) is 0 Å². The standard InChI is InChI=1S/C23H28N2O5S/c1-13-6-8-16(9-7-13)22-24-18(14(2)30-22)12-29-17-5-3-4-15(10-17)11-19(26)20-21(27)25-23(28)31-20/h6-9,15,17,19-20,26H,3-5,10-12H2,1-2H3,(H,25,27,28). The molecule has 4 atom stereocenters. The first-order valence-corrected chi connectivity index (χ1v) is 11.6. The molecule has 1 aromatic carbocycles. The highest BCUT2D eigenvalue weighted by molar-refractivity contribution is 8.15. The summed E-state index contributed by atoms with van der Waals surface area (Å²) in [5.41, 5.74) is 2.93. The van der Waals surface area contributed by atoms with Gasteiger partial charge in [0, 0.05) is 5.56 Å². The minimum Gasteiger partial charge on any atom is -0.441 e. The lowest BCUT2D eigenvalue weighted by Gasteiger charge is -2.31. The summed E-state index contributed by atoms with van der Waals surface area (Å²) in [6.45, 7) is 4.33. The van der Waals surface area contributed by atoms with Gasteiger partial charge in [-0.05, 0) is 62.9 Å². The van der Waals surface area contributed by atoms with Crippen LogP contribution in [-0.2, 0) is 16.1 Å². The average molecular weight is 445 g/mol. The number of aryl methyl sites for hydroxylation is 2. The van der Waals surface area contributed by atoms with Crippen LogP contribution in [-0.4, -0.2) is 38.7 Å². The third kappa shape index (κ3) is 5.37. The molecule has 1 saturated heterocycles. The number of imide groups is 1. The number of carbonyl (C=O) groups excluding carboxylic acids is 2. The Labute approximate surface area is 186 Å². The van der Waals surface area contributed by atoms with Crippen molar-refractivity contribution < 1.29 is 23.8 Å². The van der Waals surface area contributed by atoms with Crippen molar-refractivity contribution in [1.82, 2.24) is 10.3 Å². The molecular formula is C23H28N2O5S. The number of aliphatic hydroxyl groups excluding tert-OH is 1. The molecule has 2 heterocycles. The van der Waals surface area contributed by atoms with E-state index in [9.17, 15) is 14.7 Å². The molecule has 1 aromatic heterocycles. The van der Waals surface area contributed by atoms with Gasteiger partial charge in [0.1, 0.15) is 16.7 Å². The highest BCUT2D eigenvalue weighted by Crippen LogP contribution is 2.33. The van der Waals surface area contributed by atoms with Crippen LogP contribution in [0.3, 0.4) is 0 Å². The molecule has 0 bridgehead atoms. The second kappa shape index (κ2) is 9.54. The van der Waals surface area contributed by atoms with E-state index >= 15 is 0 Å². The third-order valence-electron chi connectivity index (χ3n) is 6.02. The van der Waals surface area contributed by atoms with E-state index in [0.29, 0.717) is 18.9 Å². The molecule has 2 N–H and O–H groups in total. The van der Waals surface area contributed by atoms with E-state index in [4.69, 9.17) is 9.15 Å². The Morgan fingerprint density at radius 3 is 2.74 bits per heavy atom. The van der Waals surface area contributed by atoms with E-state index in [1.165, 1.54) is 5.56 Å². The van der Waals surface area contributed by atoms with Crippen molar-refractivity contribution in [3.05, 3.63) is 41.3 Å². The number of rotatable bonds is 7. The number of oxazole rings is 1. The van der Waals surface area contributed by atoms with E-state index < -0.39 is 17.3 Å². The normalized spacial score (nSPS) is 24.9. The number of benzene rings is 1. The number of thioether (sulfide) groups is 1. The predicted octanol–water partition coefficient (Wildman–Crippen LogP) is 4.14. The number of nitrogens with zero attached hydrogens (tertiary/aromatic N) is 1. The molecule has 4 rings (SSSR count). The van der Waals surface area contributed by atoms with Gasteiger partial charge in [0.05, 0.1) is 18.8 Å². The summed E-state index contributed by atoms with van der Waals surface area (Å²) in [6, 6.07) is 8.06. The number of ether oxygens (including phenoxy) is 1. The number of hydrogen-bond acceptors (Lipinski definition) is 7. The highest BCUT2D eigenvalue weighted by atomic mass is 32.2. The quantitative estimate of drug-likeness (QED) is 0.662. The molecule has 31 heavy (non-hydrogen) atoms. The fourth-order valence-electron chi connectivity index (χ4n) is 4.27. The molecule has 1 aliphatic carbocycles. The Morgan fingerprint density at radius 2 is 2.03 bits per heavy atom. The third-order valence-corrected chi connectivity index (χ3v) is 7.12. The van der Waals surface area contributed by atoms with Crippen molar-refractivity contribution in [3.8, 4) is 11.5 Å². The maximum absolute atomic E-state index is 11.8. The number of amides is 2. The zero-order valence-corrected chi connectivity index (χ0v) is 18.6. The summed E-state index contributed by atoms with van der Waals surface area (Å²) >= 11 is 0.882. The van der Waals surface area contributed by atoms with Crippen LogP contribution in [0.1, 0.15) is 49.1 Å². The van der Waals surface area contributed by atoms with Gasteiger partial charge in [-0.15, -0.1) is 0 Å². The van der Waals surface area contributed by atoms with Gasteiger partial charge in [-0.2, -0.15) is 0 Å². The lowest BCUT2D eigenvalue weighted by molar-refractivity contribution is -0.120. The molecule has 2 amide bonds. The van der Waals surface area contributed by atoms with Gasteiger partial charge in [-0.1, -0.05) is 30.5 Å². The topological polar surface area (TPSA) is 102 Å². The Hall–Kier alpha value is -2.16. The monoisotopic (exact) mass is 444 g/mol. The van der Waals surface area contributed by atoms with Crippen LogP contribution >= 0.6 is 11.8 Å². The van der Waals surface area contributed by atoms with Crippen molar-refractivity contribution in [2.24, 2.45) is 5.92 Å². The maximum atomic E-state index is 11.8. The van der Waals surface area contributed by atoms with Crippen LogP contribution in [0.15, 0.2) is 28.7 Å². The molecular weight excluding hydrogens is 416 g/mol. The van der Waals surface area contributed by atoms with E-state index in [2.05, 4.69) is 10.3 Å². The lowest BCUT2D eigenvalue weighted by Crippen LogP contribution is -2.35. The van der Waals surface area contributed by atoms with Crippen LogP contribution in [0, 0.1) is 19.8 Å². The molecule has 2 aliphatic rings. The molecule has 8 heteroatoms. The van der Waals surface area contributed by atoms with Gasteiger partial charge >= 0.3 is 0 Å². The molecule has 1 saturated carbocycles. The molecule has 2 fully saturated rings. The number of aromatic nitrogens is 1. The van der Waals surface area contributed by atoms with Gasteiger partial charge in [0.15, 0.2) is 0 Å². The largest absolute Gasteiger partial charge is 0.441 e. The van der Waals surface area contributed by atoms with E-state index in [1.54, 1.807) is 0 Å². The van der Waals surface area contributed by atoms with Gasteiger partial charge in [0.2, 0.25) is 11.8 Å². The van der Waals surface area contributed by atoms with Gasteiger partial charge in [-0.25, -0.2) is 4.98 Å². The van der Waals surface area contributed by atoms with Crippen molar-refractivity contribution >= 4 is 22.9 Å². The van der Waals surface area contributed by atoms with Crippen molar-refractivity contribution in [2.75, 3.05) is 0 Å². The molecule has 0 spiro atoms. The lowest BCUT2D eigenvalue weighted by atomic mass is 9.83. The van der Waals surface area contributed by atoms with E-state index in [-0.39, 0.29) is 17.3 Å². The zero-order chi connectivity index (χ0) is 22.0. The fourth-order valence-corrected chi connectivity index (χ4v) is 5.10. The molecule has 7 nitrogen and oxygen atoms in total. The van der Waals surface area contributed by atoms with Gasteiger partial charge in [0.25, 0.3) is 5.24 Å². The number of hydrogen-bond donors (Lipinski definition) is 2. The van der Waals surface area contributed by atoms with Crippen LogP contribution in [0.4, 0.5) is 4.79 Å². The number of carbonyl (C=O) groups is 2. The summed E-state index contributed by atoms with van der Waals surface area (Å²) in [6.07, 6.45) is 3.55. The van der Waals surface area contributed by atoms with Crippen LogP contribution < -0.4 is 5.32 Å². The summed E-state index contributed by atoms with van der Waals surface area (Å²) in [4.78, 5) is 27.8. The Balaban J connectivity index is 1.30. The molecule has 2 aromatic rings. The summed E-state index contributed by atoms with van der Waals surface area (Å²) in [5.74, 6) is 1.23. The molecule has 4 unspecified atom stereocenters. The van der Waals surface area contributed by atoms with Gasteiger partial charge < -0.3 is 14.3 Å². The Bertz CT molecular complexity index is 942. The minimum absolute atomic E-state index is 0.0802. The Kier molecular flexibility index (Phi) is 6.79. The summed E-state index contributed by atoms with van der Waals surface area (Å²) < 4.78 is 12.0. The number of aliphatic hydroxyl groups is 1. The summed E-state index contributed by atoms with van der Waals surface area (Å²) in [7, 11) is 0. The second-order valence-corrected chi connectivity index (χ2v) is 9.59. The van der Waals surface area contributed by atoms with E-state index in [0.717, 1.165) is 54.5 Å². The second-order valence-electron chi connectivity index (χ2n) is 8.47. The SMILES string of the molecule is Cc1ccc(-c2nc(COC3CCCC(CC(O)C4SC(=O)NC4=O)C3)c(C)o2)cc1. The molecule has 166 valence electrons. The first-order chi connectivity index (χ1) is 14.9. The minimum atomic E-state index is -0.824. The Morgan fingerprint density at radius 1 is 1.26 bits per heavy atom. The average Bonchev–Trinajstić information content (AvgIpc) is 3.28. The summed E-state index contributed by atoms with van der Waals surface area (Å²) in [5, 5.41) is 11.6. The van der Waals surface area contributed by atoms with Crippen molar-refractivity contribution in [2.45, 2.75) is 70.0 Å². The smallest absolute Gasteiger partial charge is 0.286 e. The van der Waals surface area contributed by atoms with Crippen molar-refractivity contribution in [3.63, 3.8) is 0 Å². The number of nitrogens with one attached hydrogen (secondary N) is 1. The first kappa shape index (κ1) is 22.0. The molecule has 1 aliphatic heterocycles. The van der Waals surface area contributed by atoms with Crippen LogP contribution in [0.5, 0.6) is 0 Å². The van der Waals surface area contributed by atoms with E-state index in [1.807, 2.05) is 38.1 Å². The predicted molar refractivity (Wildman–Crippen MR) is 117 cm³/mol. The zero-order valence-electron chi connectivity index (χ0n) is 17.8. The van der Waals surface area contributed by atoms with Gasteiger partial charge in [-0.3, -0.25) is 14.9 Å². The van der Waals surface area contributed by atoms with Crippen LogP contribution in [0.25, 0.3) is 11.5 Å². The molecule has 0 radical (unpaired) electrons.